The Balaban J connectivity index is 2.20. The van der Waals surface area contributed by atoms with Gasteiger partial charge in [-0.15, -0.1) is 11.6 Å². The van der Waals surface area contributed by atoms with Crippen molar-refractivity contribution >= 4 is 29.0 Å². The van der Waals surface area contributed by atoms with Crippen molar-refractivity contribution in [3.8, 4) is 0 Å². The maximum absolute atomic E-state index is 5.97. The van der Waals surface area contributed by atoms with Gasteiger partial charge in [-0.25, -0.2) is 4.98 Å². The number of hydrogen-bond acceptors (Lipinski definition) is 2. The zero-order chi connectivity index (χ0) is 10.7. The Morgan fingerprint density at radius 1 is 1.20 bits per heavy atom. The molecule has 4 heteroatoms. The van der Waals surface area contributed by atoms with Gasteiger partial charge in [-0.05, 0) is 31.4 Å². The summed E-state index contributed by atoms with van der Waals surface area (Å²) < 4.78 is 0. The van der Waals surface area contributed by atoms with Gasteiger partial charge in [-0.3, -0.25) is 0 Å². The zero-order valence-electron chi connectivity index (χ0n) is 8.55. The fourth-order valence-corrected chi connectivity index (χ4v) is 2.31. The van der Waals surface area contributed by atoms with Gasteiger partial charge < -0.3 is 4.90 Å². The van der Waals surface area contributed by atoms with Crippen molar-refractivity contribution < 1.29 is 0 Å². The molecule has 1 saturated heterocycles. The minimum absolute atomic E-state index is 0.376. The first-order valence-corrected chi connectivity index (χ1v) is 6.19. The lowest BCUT2D eigenvalue weighted by Gasteiger charge is -2.28. The summed E-state index contributed by atoms with van der Waals surface area (Å²) in [6.45, 7) is 2.19. The van der Waals surface area contributed by atoms with Crippen LogP contribution in [-0.2, 0) is 5.88 Å². The molecule has 2 heterocycles. The van der Waals surface area contributed by atoms with Gasteiger partial charge in [0.1, 0.15) is 5.82 Å². The van der Waals surface area contributed by atoms with Crippen molar-refractivity contribution in [3.05, 3.63) is 22.8 Å². The van der Waals surface area contributed by atoms with Crippen LogP contribution in [0.5, 0.6) is 0 Å². The van der Waals surface area contributed by atoms with E-state index in [4.69, 9.17) is 23.2 Å². The first-order chi connectivity index (χ1) is 7.31. The van der Waals surface area contributed by atoms with Crippen LogP contribution in [0, 0.1) is 0 Å². The van der Waals surface area contributed by atoms with Crippen LogP contribution < -0.4 is 4.90 Å². The van der Waals surface area contributed by atoms with Crippen LogP contribution in [0.15, 0.2) is 12.1 Å². The quantitative estimate of drug-likeness (QED) is 0.741. The predicted octanol–water partition coefficient (Wildman–Crippen LogP) is 3.46. The number of hydrogen-bond donors (Lipinski definition) is 0. The van der Waals surface area contributed by atoms with Crippen molar-refractivity contribution in [2.24, 2.45) is 0 Å². The van der Waals surface area contributed by atoms with Crippen molar-refractivity contribution in [1.82, 2.24) is 4.98 Å². The van der Waals surface area contributed by atoms with Crippen LogP contribution in [0.3, 0.4) is 0 Å². The van der Waals surface area contributed by atoms with Gasteiger partial charge in [0, 0.05) is 13.1 Å². The fourth-order valence-electron chi connectivity index (χ4n) is 1.87. The number of piperidine rings is 1. The van der Waals surface area contributed by atoms with E-state index in [0.29, 0.717) is 10.9 Å². The molecule has 1 aliphatic rings. The average molecular weight is 245 g/mol. The van der Waals surface area contributed by atoms with E-state index in [-0.39, 0.29) is 0 Å². The Kier molecular flexibility index (Phi) is 3.71. The number of halogens is 2. The highest BCUT2D eigenvalue weighted by atomic mass is 35.5. The largest absolute Gasteiger partial charge is 0.357 e. The number of anilines is 1. The smallest absolute Gasteiger partial charge is 0.128 e. The van der Waals surface area contributed by atoms with E-state index in [1.807, 2.05) is 12.1 Å². The molecule has 0 bridgehead atoms. The third-order valence-electron chi connectivity index (χ3n) is 2.71. The molecule has 0 radical (unpaired) electrons. The van der Waals surface area contributed by atoms with Crippen LogP contribution >= 0.6 is 23.2 Å². The number of nitrogens with zero attached hydrogens (tertiary/aromatic N) is 2. The summed E-state index contributed by atoms with van der Waals surface area (Å²) in [5.74, 6) is 1.38. The van der Waals surface area contributed by atoms with Crippen molar-refractivity contribution in [3.63, 3.8) is 0 Å². The maximum atomic E-state index is 5.97. The van der Waals surface area contributed by atoms with Crippen LogP contribution in [0.1, 0.15) is 25.0 Å². The molecule has 1 aliphatic heterocycles. The van der Waals surface area contributed by atoms with Gasteiger partial charge in [-0.2, -0.15) is 0 Å². The van der Waals surface area contributed by atoms with Gasteiger partial charge in [-0.1, -0.05) is 11.6 Å². The van der Waals surface area contributed by atoms with Gasteiger partial charge in [0.2, 0.25) is 0 Å². The lowest BCUT2D eigenvalue weighted by atomic mass is 10.1. The number of alkyl halides is 1. The van der Waals surface area contributed by atoms with Crippen LogP contribution in [0.2, 0.25) is 5.02 Å². The monoisotopic (exact) mass is 244 g/mol. The molecule has 0 aliphatic carbocycles. The average Bonchev–Trinajstić information content (AvgIpc) is 2.31. The molecule has 0 atom stereocenters. The summed E-state index contributed by atoms with van der Waals surface area (Å²) in [6.07, 6.45) is 3.83. The Morgan fingerprint density at radius 2 is 1.93 bits per heavy atom. The van der Waals surface area contributed by atoms with E-state index in [1.54, 1.807) is 0 Å². The Hall–Kier alpha value is -0.470. The molecule has 2 rings (SSSR count). The molecular weight excluding hydrogens is 231 g/mol. The highest BCUT2D eigenvalue weighted by molar-refractivity contribution is 6.32. The van der Waals surface area contributed by atoms with Crippen molar-refractivity contribution in [1.29, 1.82) is 0 Å². The van der Waals surface area contributed by atoms with Crippen molar-refractivity contribution in [2.75, 3.05) is 18.0 Å². The van der Waals surface area contributed by atoms with E-state index >= 15 is 0 Å². The molecule has 1 aromatic heterocycles. The molecule has 82 valence electrons. The van der Waals surface area contributed by atoms with Crippen LogP contribution in [0.25, 0.3) is 0 Å². The minimum Gasteiger partial charge on any atom is -0.357 e. The zero-order valence-corrected chi connectivity index (χ0v) is 10.1. The second kappa shape index (κ2) is 5.04. The molecule has 0 saturated carbocycles. The molecule has 2 nitrogen and oxygen atoms in total. The summed E-state index contributed by atoms with van der Waals surface area (Å²) in [4.78, 5) is 6.78. The molecule has 1 aromatic rings. The topological polar surface area (TPSA) is 16.1 Å². The molecule has 0 unspecified atom stereocenters. The molecule has 1 fully saturated rings. The van der Waals surface area contributed by atoms with Gasteiger partial charge in [0.05, 0.1) is 16.6 Å². The fraction of sp³-hybridized carbons (Fsp3) is 0.545. The SMILES string of the molecule is ClCc1nc(N2CCCCC2)ccc1Cl. The summed E-state index contributed by atoms with van der Waals surface area (Å²) in [7, 11) is 0. The molecule has 0 amide bonds. The normalized spacial score (nSPS) is 16.8. The molecule has 0 aromatic carbocycles. The van der Waals surface area contributed by atoms with Gasteiger partial charge in [0.15, 0.2) is 0 Å². The van der Waals surface area contributed by atoms with E-state index < -0.39 is 0 Å². The summed E-state index contributed by atoms with van der Waals surface area (Å²) in [6, 6.07) is 3.86. The summed E-state index contributed by atoms with van der Waals surface area (Å²) in [5, 5.41) is 0.658. The van der Waals surface area contributed by atoms with E-state index in [1.165, 1.54) is 19.3 Å². The Bertz CT molecular complexity index is 335. The van der Waals surface area contributed by atoms with Crippen molar-refractivity contribution in [2.45, 2.75) is 25.1 Å². The summed E-state index contributed by atoms with van der Waals surface area (Å²) in [5.41, 5.74) is 0.779. The van der Waals surface area contributed by atoms with Gasteiger partial charge in [0.25, 0.3) is 0 Å². The van der Waals surface area contributed by atoms with E-state index in [2.05, 4.69) is 9.88 Å². The second-order valence-corrected chi connectivity index (χ2v) is 4.45. The number of aromatic nitrogens is 1. The van der Waals surface area contributed by atoms with Crippen LogP contribution in [-0.4, -0.2) is 18.1 Å². The number of pyridine rings is 1. The van der Waals surface area contributed by atoms with Gasteiger partial charge >= 0.3 is 0 Å². The maximum Gasteiger partial charge on any atom is 0.128 e. The van der Waals surface area contributed by atoms with E-state index in [0.717, 1.165) is 24.6 Å². The third kappa shape index (κ3) is 2.56. The molecule has 15 heavy (non-hydrogen) atoms. The standard InChI is InChI=1S/C11H14Cl2N2/c12-8-10-9(13)4-5-11(14-10)15-6-2-1-3-7-15/h4-5H,1-3,6-8H2. The summed E-state index contributed by atoms with van der Waals surface area (Å²) >= 11 is 11.7. The molecular formula is C11H14Cl2N2. The highest BCUT2D eigenvalue weighted by Gasteiger charge is 2.13. The predicted molar refractivity (Wildman–Crippen MR) is 64.9 cm³/mol. The third-order valence-corrected chi connectivity index (χ3v) is 3.31. The second-order valence-electron chi connectivity index (χ2n) is 3.78. The van der Waals surface area contributed by atoms with E-state index in [9.17, 15) is 0 Å². The molecule has 0 spiro atoms. The lowest BCUT2D eigenvalue weighted by Crippen LogP contribution is -2.30. The Labute approximate surface area is 100 Å². The first kappa shape index (κ1) is 11.0. The number of rotatable bonds is 2. The lowest BCUT2D eigenvalue weighted by molar-refractivity contribution is 0.573. The minimum atomic E-state index is 0.376. The molecule has 0 N–H and O–H groups in total. The highest BCUT2D eigenvalue weighted by Crippen LogP contribution is 2.22. The first-order valence-electron chi connectivity index (χ1n) is 5.27. The van der Waals surface area contributed by atoms with Crippen LogP contribution in [0.4, 0.5) is 5.82 Å². The Morgan fingerprint density at radius 3 is 2.60 bits per heavy atom.